The van der Waals surface area contributed by atoms with Crippen molar-refractivity contribution in [2.75, 3.05) is 25.0 Å². The van der Waals surface area contributed by atoms with Gasteiger partial charge in [0.25, 0.3) is 0 Å². The predicted molar refractivity (Wildman–Crippen MR) is 117 cm³/mol. The van der Waals surface area contributed by atoms with E-state index in [1.807, 2.05) is 12.1 Å². The van der Waals surface area contributed by atoms with Crippen LogP contribution in [0.5, 0.6) is 0 Å². The average molecular weight is 405 g/mol. The zero-order valence-electron chi connectivity index (χ0n) is 17.3. The molecule has 6 heteroatoms. The Labute approximate surface area is 176 Å². The average Bonchev–Trinajstić information content (AvgIpc) is 3.08. The molecule has 2 aromatic rings. The molecule has 0 spiro atoms. The molecule has 2 aliphatic heterocycles. The Morgan fingerprint density at radius 2 is 1.93 bits per heavy atom. The number of hydrogen-bond donors (Lipinski definition) is 1. The minimum absolute atomic E-state index is 0.142. The molecule has 1 fully saturated rings. The highest BCUT2D eigenvalue weighted by atomic mass is 16.5. The van der Waals surface area contributed by atoms with Crippen LogP contribution >= 0.6 is 0 Å². The maximum atomic E-state index is 12.4. The molecular formula is C24H27N3O3. The number of ether oxygens (including phenoxy) is 1. The summed E-state index contributed by atoms with van der Waals surface area (Å²) >= 11 is 0. The van der Waals surface area contributed by atoms with Gasteiger partial charge in [0.15, 0.2) is 0 Å². The lowest BCUT2D eigenvalue weighted by Crippen LogP contribution is -2.28. The van der Waals surface area contributed by atoms with Gasteiger partial charge in [0.1, 0.15) is 5.92 Å². The number of esters is 1. The third kappa shape index (κ3) is 4.60. The Balaban J connectivity index is 1.43. The minimum atomic E-state index is -0.468. The summed E-state index contributed by atoms with van der Waals surface area (Å²) in [5, 5.41) is 2.83. The van der Waals surface area contributed by atoms with Crippen LogP contribution in [0.2, 0.25) is 0 Å². The number of nitrogens with one attached hydrogen (secondary N) is 1. The molecule has 0 bridgehead atoms. The van der Waals surface area contributed by atoms with Crippen molar-refractivity contribution in [1.82, 2.24) is 4.90 Å². The number of anilines is 1. The van der Waals surface area contributed by atoms with Crippen LogP contribution in [0.3, 0.4) is 0 Å². The molecule has 2 aromatic carbocycles. The van der Waals surface area contributed by atoms with E-state index in [0.717, 1.165) is 17.8 Å². The number of likely N-dealkylation sites (tertiary alicyclic amines) is 1. The molecule has 4 rings (SSSR count). The van der Waals surface area contributed by atoms with Crippen LogP contribution in [-0.4, -0.2) is 42.7 Å². The molecule has 1 N–H and O–H groups in total. The molecule has 2 heterocycles. The minimum Gasteiger partial charge on any atom is -0.462 e. The van der Waals surface area contributed by atoms with Gasteiger partial charge in [-0.1, -0.05) is 24.6 Å². The lowest BCUT2D eigenvalue weighted by Gasteiger charge is -2.26. The van der Waals surface area contributed by atoms with Gasteiger partial charge < -0.3 is 10.1 Å². The second-order valence-electron chi connectivity index (χ2n) is 7.77. The van der Waals surface area contributed by atoms with Crippen LogP contribution in [0.1, 0.15) is 53.6 Å². The highest BCUT2D eigenvalue weighted by Crippen LogP contribution is 2.33. The summed E-state index contributed by atoms with van der Waals surface area (Å²) in [6, 6.07) is 13.3. The van der Waals surface area contributed by atoms with E-state index in [-0.39, 0.29) is 5.91 Å². The smallest absolute Gasteiger partial charge is 0.338 e. The van der Waals surface area contributed by atoms with Gasteiger partial charge in [-0.25, -0.2) is 4.79 Å². The van der Waals surface area contributed by atoms with Crippen LogP contribution < -0.4 is 5.32 Å². The molecule has 1 amide bonds. The van der Waals surface area contributed by atoms with Crippen LogP contribution in [0, 0.1) is 0 Å². The number of piperidine rings is 1. The number of carbonyl (C=O) groups excluding carboxylic acids is 2. The fourth-order valence-electron chi connectivity index (χ4n) is 4.00. The van der Waals surface area contributed by atoms with E-state index in [2.05, 4.69) is 27.3 Å². The first-order valence-electron chi connectivity index (χ1n) is 10.6. The largest absolute Gasteiger partial charge is 0.462 e. The van der Waals surface area contributed by atoms with E-state index in [4.69, 9.17) is 4.74 Å². The Bertz CT molecular complexity index is 947. The third-order valence-corrected chi connectivity index (χ3v) is 5.60. The molecule has 1 unspecified atom stereocenters. The second-order valence-corrected chi connectivity index (χ2v) is 7.77. The molecule has 156 valence electrons. The van der Waals surface area contributed by atoms with Crippen molar-refractivity contribution in [3.8, 4) is 0 Å². The van der Waals surface area contributed by atoms with Crippen molar-refractivity contribution in [2.45, 2.75) is 38.6 Å². The van der Waals surface area contributed by atoms with Gasteiger partial charge in [-0.05, 0) is 68.2 Å². The molecule has 1 atom stereocenters. The van der Waals surface area contributed by atoms with Gasteiger partial charge in [-0.2, -0.15) is 0 Å². The summed E-state index contributed by atoms with van der Waals surface area (Å²) in [7, 11) is 0. The molecule has 2 aliphatic rings. The Hall–Kier alpha value is -2.99. The van der Waals surface area contributed by atoms with Crippen LogP contribution in [0.25, 0.3) is 0 Å². The highest BCUT2D eigenvalue weighted by Gasteiger charge is 2.30. The molecule has 0 aliphatic carbocycles. The Kier molecular flexibility index (Phi) is 6.23. The van der Waals surface area contributed by atoms with Gasteiger partial charge in [-0.15, -0.1) is 0 Å². The predicted octanol–water partition coefficient (Wildman–Crippen LogP) is 4.29. The normalized spacial score (nSPS) is 19.0. The maximum Gasteiger partial charge on any atom is 0.338 e. The SMILES string of the molecule is CCOC(=O)c1ccc2c(c1)NC(=O)C2C=Nc1ccc(CN2CCCCC2)cc1. The first-order chi connectivity index (χ1) is 14.6. The third-order valence-electron chi connectivity index (χ3n) is 5.60. The number of aliphatic imine (C=N–C) groups is 1. The molecule has 6 nitrogen and oxygen atoms in total. The summed E-state index contributed by atoms with van der Waals surface area (Å²) in [5.41, 5.74) is 3.99. The van der Waals surface area contributed by atoms with E-state index in [1.165, 1.54) is 37.9 Å². The van der Waals surface area contributed by atoms with Gasteiger partial charge in [0.05, 0.1) is 17.9 Å². The van der Waals surface area contributed by atoms with Gasteiger partial charge in [0.2, 0.25) is 5.91 Å². The summed E-state index contributed by atoms with van der Waals surface area (Å²) in [6.45, 7) is 5.40. The quantitative estimate of drug-likeness (QED) is 0.575. The number of fused-ring (bicyclic) bond motifs is 1. The van der Waals surface area contributed by atoms with Gasteiger partial charge in [0, 0.05) is 18.4 Å². The van der Waals surface area contributed by atoms with Crippen molar-refractivity contribution in [3.63, 3.8) is 0 Å². The monoisotopic (exact) mass is 405 g/mol. The van der Waals surface area contributed by atoms with Crippen LogP contribution in [-0.2, 0) is 16.1 Å². The van der Waals surface area contributed by atoms with Crippen LogP contribution in [0.15, 0.2) is 47.5 Å². The fraction of sp³-hybridized carbons (Fsp3) is 0.375. The summed E-state index contributed by atoms with van der Waals surface area (Å²) in [6.07, 6.45) is 5.58. The van der Waals surface area contributed by atoms with E-state index in [0.29, 0.717) is 17.9 Å². The van der Waals surface area contributed by atoms with Crippen molar-refractivity contribution < 1.29 is 14.3 Å². The standard InChI is InChI=1S/C24H27N3O3/c1-2-30-24(29)18-8-11-20-21(23(28)26-22(20)14-18)15-25-19-9-6-17(7-10-19)16-27-12-4-3-5-13-27/h6-11,14-15,21H,2-5,12-13,16H2,1H3,(H,26,28). The zero-order chi connectivity index (χ0) is 20.9. The summed E-state index contributed by atoms with van der Waals surface area (Å²) < 4.78 is 5.02. The number of benzene rings is 2. The lowest BCUT2D eigenvalue weighted by molar-refractivity contribution is -0.115. The Morgan fingerprint density at radius 3 is 2.67 bits per heavy atom. The summed E-state index contributed by atoms with van der Waals surface area (Å²) in [4.78, 5) is 31.3. The number of hydrogen-bond acceptors (Lipinski definition) is 5. The first-order valence-corrected chi connectivity index (χ1v) is 10.6. The molecular weight excluding hydrogens is 378 g/mol. The maximum absolute atomic E-state index is 12.4. The van der Waals surface area contributed by atoms with E-state index in [9.17, 15) is 9.59 Å². The molecule has 0 aromatic heterocycles. The van der Waals surface area contributed by atoms with Crippen molar-refractivity contribution in [2.24, 2.45) is 4.99 Å². The first kappa shape index (κ1) is 20.3. The Morgan fingerprint density at radius 1 is 1.17 bits per heavy atom. The van der Waals surface area contributed by atoms with Crippen molar-refractivity contribution >= 4 is 29.5 Å². The second kappa shape index (κ2) is 9.22. The zero-order valence-corrected chi connectivity index (χ0v) is 17.3. The van der Waals surface area contributed by atoms with E-state index < -0.39 is 11.9 Å². The van der Waals surface area contributed by atoms with Gasteiger partial charge >= 0.3 is 5.97 Å². The number of carbonyl (C=O) groups is 2. The van der Waals surface area contributed by atoms with Crippen molar-refractivity contribution in [3.05, 3.63) is 59.2 Å². The highest BCUT2D eigenvalue weighted by molar-refractivity contribution is 6.13. The number of amides is 1. The molecule has 0 radical (unpaired) electrons. The van der Waals surface area contributed by atoms with Crippen molar-refractivity contribution in [1.29, 1.82) is 0 Å². The van der Waals surface area contributed by atoms with E-state index in [1.54, 1.807) is 31.3 Å². The van der Waals surface area contributed by atoms with Gasteiger partial charge in [-0.3, -0.25) is 14.7 Å². The van der Waals surface area contributed by atoms with E-state index >= 15 is 0 Å². The lowest BCUT2D eigenvalue weighted by atomic mass is 10.0. The fourth-order valence-corrected chi connectivity index (χ4v) is 4.00. The molecule has 30 heavy (non-hydrogen) atoms. The van der Waals surface area contributed by atoms with Crippen LogP contribution in [0.4, 0.5) is 11.4 Å². The molecule has 0 saturated carbocycles. The number of rotatable bonds is 6. The number of nitrogens with zero attached hydrogens (tertiary/aromatic N) is 2. The summed E-state index contributed by atoms with van der Waals surface area (Å²) in [5.74, 6) is -1.00. The topological polar surface area (TPSA) is 71.0 Å². The molecule has 1 saturated heterocycles.